The minimum absolute atomic E-state index is 0.158. The summed E-state index contributed by atoms with van der Waals surface area (Å²) < 4.78 is 10.7. The topological polar surface area (TPSA) is 64.7 Å². The Hall–Kier alpha value is -1.72. The second-order valence-corrected chi connectivity index (χ2v) is 6.20. The summed E-state index contributed by atoms with van der Waals surface area (Å²) in [6, 6.07) is 11.2. The zero-order valence-corrected chi connectivity index (χ0v) is 14.8. The maximum atomic E-state index is 9.52. The van der Waals surface area contributed by atoms with Crippen molar-refractivity contribution < 1.29 is 14.6 Å². The Bertz CT molecular complexity index is 617. The fourth-order valence-corrected chi connectivity index (χ4v) is 2.64. The first kappa shape index (κ1) is 17.6. The van der Waals surface area contributed by atoms with Crippen LogP contribution in [0.2, 0.25) is 0 Å². The molecule has 3 rings (SSSR count). The average molecular weight is 380 g/mol. The lowest BCUT2D eigenvalue weighted by atomic mass is 10.0. The Balaban J connectivity index is 0.000000326. The van der Waals surface area contributed by atoms with E-state index in [0.717, 1.165) is 30.1 Å². The minimum atomic E-state index is 0.158. The molecule has 1 saturated heterocycles. The van der Waals surface area contributed by atoms with Gasteiger partial charge in [-0.25, -0.2) is 0 Å². The summed E-state index contributed by atoms with van der Waals surface area (Å²) in [6.45, 7) is 2.00. The molecule has 0 aromatic heterocycles. The molecule has 0 atom stereocenters. The summed E-state index contributed by atoms with van der Waals surface area (Å²) in [6.07, 6.45) is 3.27. The second-order valence-electron chi connectivity index (χ2n) is 5.35. The SMILES string of the molecule is C1CCOC1.COc1ccc(Cc2cc(Br)c(O)cc2N)cc1. The van der Waals surface area contributed by atoms with Crippen molar-refractivity contribution >= 4 is 21.6 Å². The van der Waals surface area contributed by atoms with E-state index >= 15 is 0 Å². The highest BCUT2D eigenvalue weighted by Gasteiger charge is 2.06. The first-order valence-electron chi connectivity index (χ1n) is 7.57. The molecule has 0 spiro atoms. The van der Waals surface area contributed by atoms with Crippen molar-refractivity contribution in [2.24, 2.45) is 0 Å². The number of phenolic OH excluding ortho intramolecular Hbond substituents is 1. The van der Waals surface area contributed by atoms with Crippen LogP contribution in [0.4, 0.5) is 5.69 Å². The van der Waals surface area contributed by atoms with E-state index < -0.39 is 0 Å². The van der Waals surface area contributed by atoms with Gasteiger partial charge in [0, 0.05) is 25.0 Å². The molecule has 1 heterocycles. The van der Waals surface area contributed by atoms with E-state index in [4.69, 9.17) is 15.2 Å². The normalized spacial score (nSPS) is 13.3. The number of hydrogen-bond acceptors (Lipinski definition) is 4. The van der Waals surface area contributed by atoms with Gasteiger partial charge in [-0.3, -0.25) is 0 Å². The Morgan fingerprint density at radius 2 is 1.83 bits per heavy atom. The summed E-state index contributed by atoms with van der Waals surface area (Å²) in [4.78, 5) is 0. The standard InChI is InChI=1S/C14H14BrNO2.C4H8O/c1-18-11-4-2-9(3-5-11)6-10-7-12(15)14(17)8-13(10)16;1-2-4-5-3-1/h2-5,7-8,17H,6,16H2,1H3;1-4H2. The maximum absolute atomic E-state index is 9.52. The molecule has 3 N–H and O–H groups in total. The molecule has 2 aromatic rings. The van der Waals surface area contributed by atoms with Gasteiger partial charge in [0.2, 0.25) is 0 Å². The zero-order chi connectivity index (χ0) is 16.7. The van der Waals surface area contributed by atoms with E-state index in [1.54, 1.807) is 13.2 Å². The summed E-state index contributed by atoms with van der Waals surface area (Å²) in [5.74, 6) is 0.990. The van der Waals surface area contributed by atoms with Gasteiger partial charge in [-0.1, -0.05) is 12.1 Å². The van der Waals surface area contributed by atoms with Crippen LogP contribution in [0.1, 0.15) is 24.0 Å². The van der Waals surface area contributed by atoms with Crippen LogP contribution in [0.5, 0.6) is 11.5 Å². The molecular weight excluding hydrogens is 358 g/mol. The summed E-state index contributed by atoms with van der Waals surface area (Å²) in [7, 11) is 1.64. The smallest absolute Gasteiger partial charge is 0.131 e. The van der Waals surface area contributed by atoms with Crippen molar-refractivity contribution in [3.63, 3.8) is 0 Å². The van der Waals surface area contributed by atoms with Crippen LogP contribution in [0.25, 0.3) is 0 Å². The number of nitrogens with two attached hydrogens (primary N) is 1. The van der Waals surface area contributed by atoms with Crippen LogP contribution in [0, 0.1) is 0 Å². The van der Waals surface area contributed by atoms with Crippen molar-refractivity contribution in [1.29, 1.82) is 0 Å². The molecule has 0 aliphatic carbocycles. The number of phenols is 1. The Kier molecular flexibility index (Phi) is 6.74. The highest BCUT2D eigenvalue weighted by molar-refractivity contribution is 9.10. The molecule has 4 nitrogen and oxygen atoms in total. The van der Waals surface area contributed by atoms with Gasteiger partial charge >= 0.3 is 0 Å². The highest BCUT2D eigenvalue weighted by atomic mass is 79.9. The number of hydrogen-bond donors (Lipinski definition) is 2. The number of methoxy groups -OCH3 is 1. The predicted octanol–water partition coefficient (Wildman–Crippen LogP) is 4.13. The van der Waals surface area contributed by atoms with E-state index in [2.05, 4.69) is 15.9 Å². The third-order valence-corrected chi connectivity index (χ3v) is 4.22. The van der Waals surface area contributed by atoms with Gasteiger partial charge in [0.25, 0.3) is 0 Å². The third kappa shape index (κ3) is 5.44. The fourth-order valence-electron chi connectivity index (χ4n) is 2.25. The molecule has 1 fully saturated rings. The largest absolute Gasteiger partial charge is 0.507 e. The molecule has 0 amide bonds. The first-order chi connectivity index (χ1) is 11.1. The molecule has 5 heteroatoms. The van der Waals surface area contributed by atoms with Crippen molar-refractivity contribution in [3.8, 4) is 11.5 Å². The lowest BCUT2D eigenvalue weighted by Gasteiger charge is -2.08. The molecule has 2 aromatic carbocycles. The minimum Gasteiger partial charge on any atom is -0.507 e. The zero-order valence-electron chi connectivity index (χ0n) is 13.2. The molecule has 0 bridgehead atoms. The van der Waals surface area contributed by atoms with Gasteiger partial charge in [-0.15, -0.1) is 0 Å². The van der Waals surface area contributed by atoms with Gasteiger partial charge in [0.15, 0.2) is 0 Å². The van der Waals surface area contributed by atoms with Crippen LogP contribution in [0.3, 0.4) is 0 Å². The maximum Gasteiger partial charge on any atom is 0.131 e. The molecule has 1 aliphatic rings. The van der Waals surface area contributed by atoms with Gasteiger partial charge in [0.05, 0.1) is 11.6 Å². The number of aromatic hydroxyl groups is 1. The monoisotopic (exact) mass is 379 g/mol. The number of halogens is 1. The van der Waals surface area contributed by atoms with Gasteiger partial charge in [0.1, 0.15) is 11.5 Å². The molecule has 1 aliphatic heterocycles. The Morgan fingerprint density at radius 1 is 1.17 bits per heavy atom. The van der Waals surface area contributed by atoms with Crippen LogP contribution in [-0.2, 0) is 11.2 Å². The number of benzene rings is 2. The summed E-state index contributed by atoms with van der Waals surface area (Å²) in [5.41, 5.74) is 8.59. The Labute approximate surface area is 145 Å². The molecule has 0 radical (unpaired) electrons. The van der Waals surface area contributed by atoms with Crippen molar-refractivity contribution in [2.45, 2.75) is 19.3 Å². The second kappa shape index (κ2) is 8.79. The van der Waals surface area contributed by atoms with E-state index in [-0.39, 0.29) is 5.75 Å². The van der Waals surface area contributed by atoms with Crippen molar-refractivity contribution in [2.75, 3.05) is 26.1 Å². The molecule has 0 saturated carbocycles. The average Bonchev–Trinajstić information content (AvgIpc) is 3.13. The molecule has 0 unspecified atom stereocenters. The number of nitrogen functional groups attached to an aromatic ring is 1. The molecule has 124 valence electrons. The highest BCUT2D eigenvalue weighted by Crippen LogP contribution is 2.30. The first-order valence-corrected chi connectivity index (χ1v) is 8.37. The number of anilines is 1. The predicted molar refractivity (Wildman–Crippen MR) is 96.1 cm³/mol. The lowest BCUT2D eigenvalue weighted by Crippen LogP contribution is -1.96. The van der Waals surface area contributed by atoms with Crippen LogP contribution in [-0.4, -0.2) is 25.4 Å². The fraction of sp³-hybridized carbons (Fsp3) is 0.333. The van der Waals surface area contributed by atoms with Crippen LogP contribution in [0.15, 0.2) is 40.9 Å². The van der Waals surface area contributed by atoms with Gasteiger partial charge < -0.3 is 20.3 Å². The lowest BCUT2D eigenvalue weighted by molar-refractivity contribution is 0.198. The van der Waals surface area contributed by atoms with Crippen LogP contribution >= 0.6 is 15.9 Å². The summed E-state index contributed by atoms with van der Waals surface area (Å²) >= 11 is 3.29. The molecule has 23 heavy (non-hydrogen) atoms. The van der Waals surface area contributed by atoms with Crippen molar-refractivity contribution in [1.82, 2.24) is 0 Å². The van der Waals surface area contributed by atoms with E-state index in [0.29, 0.717) is 16.6 Å². The number of rotatable bonds is 3. The van der Waals surface area contributed by atoms with E-state index in [9.17, 15) is 5.11 Å². The third-order valence-electron chi connectivity index (χ3n) is 3.59. The van der Waals surface area contributed by atoms with Gasteiger partial charge in [-0.2, -0.15) is 0 Å². The van der Waals surface area contributed by atoms with E-state index in [1.807, 2.05) is 30.3 Å². The molecular formula is C18H22BrNO3. The van der Waals surface area contributed by atoms with Crippen molar-refractivity contribution in [3.05, 3.63) is 52.0 Å². The summed E-state index contributed by atoms with van der Waals surface area (Å²) in [5, 5.41) is 9.52. The number of ether oxygens (including phenoxy) is 2. The Morgan fingerprint density at radius 3 is 2.35 bits per heavy atom. The quantitative estimate of drug-likeness (QED) is 0.786. The van der Waals surface area contributed by atoms with E-state index in [1.165, 1.54) is 12.8 Å². The van der Waals surface area contributed by atoms with Crippen LogP contribution < -0.4 is 10.5 Å². The van der Waals surface area contributed by atoms with Gasteiger partial charge in [-0.05, 0) is 64.5 Å².